The first-order valence-corrected chi connectivity index (χ1v) is 6.89. The number of rotatable bonds is 6. The molecule has 112 valence electrons. The zero-order chi connectivity index (χ0) is 15.2. The van der Waals surface area contributed by atoms with E-state index in [1.54, 1.807) is 26.4 Å². The number of methoxy groups -OCH3 is 2. The SMILES string of the molecule is COc1ccc(CNc2cc(CO)ccc2Cl)cc1OC. The molecule has 0 aromatic heterocycles. The number of halogens is 1. The smallest absolute Gasteiger partial charge is 0.161 e. The van der Waals surface area contributed by atoms with E-state index in [1.807, 2.05) is 24.3 Å². The molecule has 0 bridgehead atoms. The lowest BCUT2D eigenvalue weighted by Crippen LogP contribution is -2.01. The Hall–Kier alpha value is -1.91. The van der Waals surface area contributed by atoms with Crippen LogP contribution in [0.1, 0.15) is 11.1 Å². The van der Waals surface area contributed by atoms with Crippen molar-refractivity contribution in [2.75, 3.05) is 19.5 Å². The molecule has 0 aliphatic carbocycles. The van der Waals surface area contributed by atoms with Gasteiger partial charge >= 0.3 is 0 Å². The molecule has 0 aliphatic heterocycles. The highest BCUT2D eigenvalue weighted by Gasteiger charge is 2.06. The Morgan fingerprint density at radius 2 is 1.71 bits per heavy atom. The molecule has 5 heteroatoms. The number of benzene rings is 2. The van der Waals surface area contributed by atoms with Crippen LogP contribution >= 0.6 is 11.6 Å². The molecule has 21 heavy (non-hydrogen) atoms. The second-order valence-corrected chi connectivity index (χ2v) is 4.92. The van der Waals surface area contributed by atoms with Gasteiger partial charge in [0.25, 0.3) is 0 Å². The maximum Gasteiger partial charge on any atom is 0.161 e. The van der Waals surface area contributed by atoms with Gasteiger partial charge in [-0.3, -0.25) is 0 Å². The van der Waals surface area contributed by atoms with E-state index in [-0.39, 0.29) is 6.61 Å². The van der Waals surface area contributed by atoms with Crippen molar-refractivity contribution < 1.29 is 14.6 Å². The van der Waals surface area contributed by atoms with Crippen LogP contribution in [0.25, 0.3) is 0 Å². The summed E-state index contributed by atoms with van der Waals surface area (Å²) in [6.07, 6.45) is 0. The Morgan fingerprint density at radius 3 is 2.38 bits per heavy atom. The van der Waals surface area contributed by atoms with Crippen molar-refractivity contribution in [3.05, 3.63) is 52.5 Å². The van der Waals surface area contributed by atoms with Crippen LogP contribution < -0.4 is 14.8 Å². The molecule has 0 saturated carbocycles. The lowest BCUT2D eigenvalue weighted by atomic mass is 10.1. The molecular formula is C16H18ClNO3. The van der Waals surface area contributed by atoms with Gasteiger partial charge in [0.05, 0.1) is 31.5 Å². The number of ether oxygens (including phenoxy) is 2. The van der Waals surface area contributed by atoms with Crippen LogP contribution in [0.2, 0.25) is 5.02 Å². The van der Waals surface area contributed by atoms with Gasteiger partial charge in [0.15, 0.2) is 11.5 Å². The van der Waals surface area contributed by atoms with Crippen molar-refractivity contribution >= 4 is 17.3 Å². The summed E-state index contributed by atoms with van der Waals surface area (Å²) < 4.78 is 10.5. The van der Waals surface area contributed by atoms with Gasteiger partial charge in [0, 0.05) is 6.54 Å². The molecule has 2 aromatic rings. The third kappa shape index (κ3) is 3.80. The maximum absolute atomic E-state index is 9.16. The fourth-order valence-electron chi connectivity index (χ4n) is 1.99. The molecule has 2 rings (SSSR count). The number of nitrogens with one attached hydrogen (secondary N) is 1. The topological polar surface area (TPSA) is 50.7 Å². The van der Waals surface area contributed by atoms with Gasteiger partial charge in [0.2, 0.25) is 0 Å². The Bertz CT molecular complexity index is 616. The summed E-state index contributed by atoms with van der Waals surface area (Å²) in [4.78, 5) is 0. The van der Waals surface area contributed by atoms with E-state index < -0.39 is 0 Å². The summed E-state index contributed by atoms with van der Waals surface area (Å²) in [7, 11) is 3.21. The third-order valence-corrected chi connectivity index (χ3v) is 3.47. The molecule has 0 atom stereocenters. The van der Waals surface area contributed by atoms with Crippen LogP contribution in [0.4, 0.5) is 5.69 Å². The van der Waals surface area contributed by atoms with Crippen LogP contribution in [0.3, 0.4) is 0 Å². The molecule has 0 fully saturated rings. The number of hydrogen-bond donors (Lipinski definition) is 2. The van der Waals surface area contributed by atoms with Crippen molar-refractivity contribution in [2.45, 2.75) is 13.2 Å². The van der Waals surface area contributed by atoms with Gasteiger partial charge in [-0.1, -0.05) is 23.7 Å². The first kappa shape index (κ1) is 15.5. The van der Waals surface area contributed by atoms with Gasteiger partial charge in [-0.2, -0.15) is 0 Å². The number of aliphatic hydroxyl groups is 1. The number of anilines is 1. The van der Waals surface area contributed by atoms with Crippen LogP contribution in [-0.2, 0) is 13.2 Å². The van der Waals surface area contributed by atoms with Crippen LogP contribution in [0.5, 0.6) is 11.5 Å². The van der Waals surface area contributed by atoms with Gasteiger partial charge < -0.3 is 19.9 Å². The molecule has 0 saturated heterocycles. The molecule has 2 N–H and O–H groups in total. The zero-order valence-corrected chi connectivity index (χ0v) is 12.8. The average Bonchev–Trinajstić information content (AvgIpc) is 2.53. The highest BCUT2D eigenvalue weighted by Crippen LogP contribution is 2.29. The quantitative estimate of drug-likeness (QED) is 0.858. The molecule has 0 aliphatic rings. The Balaban J connectivity index is 2.13. The van der Waals surface area contributed by atoms with Crippen molar-refractivity contribution in [3.8, 4) is 11.5 Å². The van der Waals surface area contributed by atoms with Crippen LogP contribution in [-0.4, -0.2) is 19.3 Å². The van der Waals surface area contributed by atoms with E-state index in [4.69, 9.17) is 26.2 Å². The first-order valence-electron chi connectivity index (χ1n) is 6.52. The van der Waals surface area contributed by atoms with Crippen molar-refractivity contribution in [1.82, 2.24) is 0 Å². The Morgan fingerprint density at radius 1 is 1.00 bits per heavy atom. The summed E-state index contributed by atoms with van der Waals surface area (Å²) in [6.45, 7) is 0.581. The molecule has 0 spiro atoms. The highest BCUT2D eigenvalue weighted by molar-refractivity contribution is 6.33. The predicted octanol–water partition coefficient (Wildman–Crippen LogP) is 3.46. The summed E-state index contributed by atoms with van der Waals surface area (Å²) in [5.41, 5.74) is 2.64. The van der Waals surface area contributed by atoms with E-state index >= 15 is 0 Å². The van der Waals surface area contributed by atoms with E-state index in [0.717, 1.165) is 16.8 Å². The largest absolute Gasteiger partial charge is 0.493 e. The van der Waals surface area contributed by atoms with E-state index in [2.05, 4.69) is 5.32 Å². The third-order valence-electron chi connectivity index (χ3n) is 3.14. The minimum Gasteiger partial charge on any atom is -0.493 e. The lowest BCUT2D eigenvalue weighted by molar-refractivity contribution is 0.282. The van der Waals surface area contributed by atoms with Crippen LogP contribution in [0, 0.1) is 0 Å². The van der Waals surface area contributed by atoms with Gasteiger partial charge in [-0.15, -0.1) is 0 Å². The number of aliphatic hydroxyl groups excluding tert-OH is 1. The normalized spacial score (nSPS) is 10.3. The Kier molecular flexibility index (Phi) is 5.31. The summed E-state index contributed by atoms with van der Waals surface area (Å²) in [5.74, 6) is 1.38. The average molecular weight is 308 g/mol. The van der Waals surface area contributed by atoms with Gasteiger partial charge in [-0.25, -0.2) is 0 Å². The molecule has 0 amide bonds. The summed E-state index contributed by atoms with van der Waals surface area (Å²) >= 11 is 6.14. The fraction of sp³-hybridized carbons (Fsp3) is 0.250. The molecule has 2 aromatic carbocycles. The number of hydrogen-bond acceptors (Lipinski definition) is 4. The highest BCUT2D eigenvalue weighted by atomic mass is 35.5. The predicted molar refractivity (Wildman–Crippen MR) is 84.2 cm³/mol. The molecular weight excluding hydrogens is 290 g/mol. The standard InChI is InChI=1S/C16H18ClNO3/c1-20-15-6-4-11(8-16(15)21-2)9-18-14-7-12(10-19)3-5-13(14)17/h3-8,18-19H,9-10H2,1-2H3. The molecule has 4 nitrogen and oxygen atoms in total. The monoisotopic (exact) mass is 307 g/mol. The first-order chi connectivity index (χ1) is 10.2. The van der Waals surface area contributed by atoms with Gasteiger partial charge in [-0.05, 0) is 35.4 Å². The minimum atomic E-state index is -0.0117. The van der Waals surface area contributed by atoms with Crippen molar-refractivity contribution in [2.24, 2.45) is 0 Å². The zero-order valence-electron chi connectivity index (χ0n) is 12.0. The maximum atomic E-state index is 9.16. The Labute approximate surface area is 129 Å². The van der Waals surface area contributed by atoms with E-state index in [0.29, 0.717) is 23.1 Å². The molecule has 0 unspecified atom stereocenters. The summed E-state index contributed by atoms with van der Waals surface area (Å²) in [6, 6.07) is 11.1. The minimum absolute atomic E-state index is 0.0117. The van der Waals surface area contributed by atoms with E-state index in [9.17, 15) is 0 Å². The summed E-state index contributed by atoms with van der Waals surface area (Å²) in [5, 5.41) is 13.0. The lowest BCUT2D eigenvalue weighted by Gasteiger charge is -2.12. The second kappa shape index (κ2) is 7.20. The van der Waals surface area contributed by atoms with Crippen molar-refractivity contribution in [3.63, 3.8) is 0 Å². The molecule has 0 radical (unpaired) electrons. The van der Waals surface area contributed by atoms with Gasteiger partial charge in [0.1, 0.15) is 0 Å². The molecule has 0 heterocycles. The van der Waals surface area contributed by atoms with Crippen molar-refractivity contribution in [1.29, 1.82) is 0 Å². The second-order valence-electron chi connectivity index (χ2n) is 4.52. The fourth-order valence-corrected chi connectivity index (χ4v) is 2.18. The van der Waals surface area contributed by atoms with Crippen LogP contribution in [0.15, 0.2) is 36.4 Å². The van der Waals surface area contributed by atoms with E-state index in [1.165, 1.54) is 0 Å².